The highest BCUT2D eigenvalue weighted by Crippen LogP contribution is 2.52. The molecule has 11 aromatic rings. The van der Waals surface area contributed by atoms with Gasteiger partial charge >= 0.3 is 0 Å². The van der Waals surface area contributed by atoms with Gasteiger partial charge in [0.15, 0.2) is 0 Å². The van der Waals surface area contributed by atoms with E-state index in [2.05, 4.69) is 252 Å². The molecule has 0 unspecified atom stereocenters. The Hall–Kier alpha value is -8.40. The molecule has 1 aliphatic heterocycles. The normalized spacial score (nSPS) is 11.6. The van der Waals surface area contributed by atoms with Crippen LogP contribution in [0.5, 0.6) is 11.5 Å². The average Bonchev–Trinajstić information content (AvgIpc) is 3.35. The molecular formula is C60H40N2O. The average molecular weight is 805 g/mol. The van der Waals surface area contributed by atoms with E-state index in [-0.39, 0.29) is 0 Å². The van der Waals surface area contributed by atoms with Gasteiger partial charge in [0.25, 0.3) is 0 Å². The summed E-state index contributed by atoms with van der Waals surface area (Å²) in [6.07, 6.45) is 0. The van der Waals surface area contributed by atoms with E-state index in [1.807, 2.05) is 0 Å². The lowest BCUT2D eigenvalue weighted by molar-refractivity contribution is 0.487. The Morgan fingerprint density at radius 3 is 1.32 bits per heavy atom. The summed E-state index contributed by atoms with van der Waals surface area (Å²) in [5, 5.41) is 7.20. The van der Waals surface area contributed by atoms with Gasteiger partial charge in [0, 0.05) is 50.8 Å². The fourth-order valence-corrected chi connectivity index (χ4v) is 9.50. The van der Waals surface area contributed by atoms with Gasteiger partial charge in [-0.25, -0.2) is 0 Å². The molecule has 12 rings (SSSR count). The van der Waals surface area contributed by atoms with Crippen LogP contribution in [0.25, 0.3) is 65.7 Å². The van der Waals surface area contributed by atoms with E-state index >= 15 is 0 Å². The Bertz CT molecular complexity index is 3300. The molecule has 0 amide bonds. The molecule has 0 radical (unpaired) electrons. The first-order chi connectivity index (χ1) is 31.2. The summed E-state index contributed by atoms with van der Waals surface area (Å²) in [5.41, 5.74) is 13.4. The van der Waals surface area contributed by atoms with Crippen molar-refractivity contribution in [2.24, 2.45) is 0 Å². The van der Waals surface area contributed by atoms with Crippen molar-refractivity contribution in [3.05, 3.63) is 243 Å². The Kier molecular flexibility index (Phi) is 8.83. The molecule has 0 saturated heterocycles. The molecule has 11 aromatic carbocycles. The quantitative estimate of drug-likeness (QED) is 0.152. The first kappa shape index (κ1) is 36.5. The first-order valence-corrected chi connectivity index (χ1v) is 21.5. The third-order valence-electron chi connectivity index (χ3n) is 12.4. The lowest BCUT2D eigenvalue weighted by Gasteiger charge is -2.30. The second-order valence-electron chi connectivity index (χ2n) is 16.1. The number of nitrogens with zero attached hydrogens (tertiary/aromatic N) is 2. The second kappa shape index (κ2) is 15.3. The smallest absolute Gasteiger partial charge is 0.137 e. The highest BCUT2D eigenvalue weighted by Gasteiger charge is 2.25. The van der Waals surface area contributed by atoms with Crippen LogP contribution in [0.1, 0.15) is 0 Å². The van der Waals surface area contributed by atoms with E-state index in [9.17, 15) is 0 Å². The van der Waals surface area contributed by atoms with Crippen molar-refractivity contribution in [2.75, 3.05) is 9.80 Å². The van der Waals surface area contributed by atoms with Crippen LogP contribution in [0, 0.1) is 0 Å². The molecule has 0 aromatic heterocycles. The minimum Gasteiger partial charge on any atom is -0.456 e. The molecule has 63 heavy (non-hydrogen) atoms. The van der Waals surface area contributed by atoms with Gasteiger partial charge in [-0.15, -0.1) is 0 Å². The van der Waals surface area contributed by atoms with Crippen LogP contribution in [0.3, 0.4) is 0 Å². The molecule has 0 atom stereocenters. The van der Waals surface area contributed by atoms with Gasteiger partial charge in [-0.3, -0.25) is 0 Å². The second-order valence-corrected chi connectivity index (χ2v) is 16.1. The Labute approximate surface area is 367 Å². The SMILES string of the molecule is c1ccc(N(c2ccccc2)c2ccc3c4c(cccc24)-c2ccc(N(c4ccc(-c5cccc6ccccc56)cc4)c4ccc(-c5cccc6ccccc56)cc4)cc2O3)cc1. The zero-order chi connectivity index (χ0) is 41.7. The summed E-state index contributed by atoms with van der Waals surface area (Å²) < 4.78 is 6.95. The summed E-state index contributed by atoms with van der Waals surface area (Å²) in [6, 6.07) is 86.9. The van der Waals surface area contributed by atoms with Crippen molar-refractivity contribution in [3.63, 3.8) is 0 Å². The molecule has 0 aliphatic carbocycles. The number of para-hydroxylation sites is 2. The summed E-state index contributed by atoms with van der Waals surface area (Å²) >= 11 is 0. The lowest BCUT2D eigenvalue weighted by atomic mass is 9.93. The highest BCUT2D eigenvalue weighted by atomic mass is 16.5. The Morgan fingerprint density at radius 1 is 0.270 bits per heavy atom. The number of ether oxygens (including phenoxy) is 1. The molecule has 3 nitrogen and oxygen atoms in total. The molecule has 0 N–H and O–H groups in total. The largest absolute Gasteiger partial charge is 0.456 e. The minimum absolute atomic E-state index is 0.827. The summed E-state index contributed by atoms with van der Waals surface area (Å²) in [7, 11) is 0. The predicted octanol–water partition coefficient (Wildman–Crippen LogP) is 17.2. The number of hydrogen-bond acceptors (Lipinski definition) is 3. The molecule has 0 bridgehead atoms. The number of hydrogen-bond donors (Lipinski definition) is 0. The fraction of sp³-hybridized carbons (Fsp3) is 0. The fourth-order valence-electron chi connectivity index (χ4n) is 9.50. The molecule has 3 heteroatoms. The van der Waals surface area contributed by atoms with Gasteiger partial charge < -0.3 is 14.5 Å². The zero-order valence-corrected chi connectivity index (χ0v) is 34.4. The van der Waals surface area contributed by atoms with Crippen LogP contribution in [-0.2, 0) is 0 Å². The molecule has 296 valence electrons. The highest BCUT2D eigenvalue weighted by molar-refractivity contribution is 6.11. The molecule has 0 spiro atoms. The minimum atomic E-state index is 0.827. The van der Waals surface area contributed by atoms with Gasteiger partial charge in [-0.1, -0.05) is 164 Å². The third kappa shape index (κ3) is 6.38. The Morgan fingerprint density at radius 2 is 0.730 bits per heavy atom. The lowest BCUT2D eigenvalue weighted by Crippen LogP contribution is -2.11. The zero-order valence-electron chi connectivity index (χ0n) is 34.4. The van der Waals surface area contributed by atoms with E-state index in [1.165, 1.54) is 43.8 Å². The number of rotatable bonds is 8. The van der Waals surface area contributed by atoms with E-state index in [1.54, 1.807) is 0 Å². The van der Waals surface area contributed by atoms with Crippen LogP contribution in [0.2, 0.25) is 0 Å². The van der Waals surface area contributed by atoms with Gasteiger partial charge in [-0.2, -0.15) is 0 Å². The van der Waals surface area contributed by atoms with Crippen molar-refractivity contribution in [2.45, 2.75) is 0 Å². The van der Waals surface area contributed by atoms with Gasteiger partial charge in [0.1, 0.15) is 11.5 Å². The van der Waals surface area contributed by atoms with Crippen molar-refractivity contribution in [3.8, 4) is 44.9 Å². The Balaban J connectivity index is 0.970. The molecule has 1 aliphatic rings. The summed E-state index contributed by atoms with van der Waals surface area (Å²) in [5.74, 6) is 1.67. The maximum atomic E-state index is 6.95. The van der Waals surface area contributed by atoms with Crippen molar-refractivity contribution in [1.29, 1.82) is 0 Å². The van der Waals surface area contributed by atoms with Crippen LogP contribution >= 0.6 is 0 Å². The van der Waals surface area contributed by atoms with Crippen LogP contribution in [-0.4, -0.2) is 0 Å². The molecule has 0 fully saturated rings. The van der Waals surface area contributed by atoms with Crippen LogP contribution in [0.4, 0.5) is 34.1 Å². The third-order valence-corrected chi connectivity index (χ3v) is 12.4. The summed E-state index contributed by atoms with van der Waals surface area (Å²) in [6.45, 7) is 0. The number of benzene rings is 11. The van der Waals surface area contributed by atoms with E-state index in [4.69, 9.17) is 4.74 Å². The maximum absolute atomic E-state index is 6.95. The van der Waals surface area contributed by atoms with E-state index < -0.39 is 0 Å². The maximum Gasteiger partial charge on any atom is 0.137 e. The van der Waals surface area contributed by atoms with Crippen molar-refractivity contribution >= 4 is 66.4 Å². The summed E-state index contributed by atoms with van der Waals surface area (Å²) in [4.78, 5) is 4.66. The molecule has 0 saturated carbocycles. The van der Waals surface area contributed by atoms with Crippen LogP contribution < -0.4 is 14.5 Å². The van der Waals surface area contributed by atoms with E-state index in [0.717, 1.165) is 67.5 Å². The predicted molar refractivity (Wildman–Crippen MR) is 265 cm³/mol. The van der Waals surface area contributed by atoms with Gasteiger partial charge in [0.05, 0.1) is 5.69 Å². The molecular weight excluding hydrogens is 765 g/mol. The van der Waals surface area contributed by atoms with Crippen LogP contribution in [0.15, 0.2) is 243 Å². The number of fused-ring (bicyclic) bond motifs is 4. The monoisotopic (exact) mass is 804 g/mol. The van der Waals surface area contributed by atoms with Gasteiger partial charge in [0.2, 0.25) is 0 Å². The standard InChI is InChI=1S/C60H40N2O/c1-3-18-45(19-4-1)62(46-20-5-2-6-21-46)57-38-39-58-60-55(26-13-27-56(57)60)54-37-36-49(40-59(54)63-58)61(47-32-28-43(29-33-47)52-24-11-16-41-14-7-9-22-50(41)52)48-34-30-44(31-35-48)53-25-12-17-42-15-8-10-23-51(42)53/h1-40H. The van der Waals surface area contributed by atoms with E-state index in [0.29, 0.717) is 0 Å². The first-order valence-electron chi connectivity index (χ1n) is 21.5. The van der Waals surface area contributed by atoms with Crippen molar-refractivity contribution < 1.29 is 4.74 Å². The number of anilines is 6. The topological polar surface area (TPSA) is 15.7 Å². The van der Waals surface area contributed by atoms with Gasteiger partial charge in [-0.05, 0) is 122 Å². The molecule has 1 heterocycles. The van der Waals surface area contributed by atoms with Crippen molar-refractivity contribution in [1.82, 2.24) is 0 Å².